The van der Waals surface area contributed by atoms with E-state index in [9.17, 15) is 33.3 Å². The van der Waals surface area contributed by atoms with Crippen molar-refractivity contribution in [1.82, 2.24) is 25.1 Å². The third-order valence-electron chi connectivity index (χ3n) is 10.0. The highest BCUT2D eigenvalue weighted by Gasteiger charge is 2.60. The van der Waals surface area contributed by atoms with Crippen LogP contribution in [0.25, 0.3) is 11.4 Å². The number of esters is 1. The van der Waals surface area contributed by atoms with Gasteiger partial charge in [0.1, 0.15) is 17.6 Å². The summed E-state index contributed by atoms with van der Waals surface area (Å²) in [5.41, 5.74) is 0.456. The number of unbranched alkanes of at least 4 members (excludes halogenated alkanes) is 1. The first-order valence-corrected chi connectivity index (χ1v) is 22.0. The van der Waals surface area contributed by atoms with Gasteiger partial charge in [-0.25, -0.2) is 24.4 Å². The number of rotatable bonds is 20. The molecule has 3 fully saturated rings. The number of carbonyl (C=O) groups is 6. The Morgan fingerprint density at radius 1 is 0.770 bits per heavy atom. The van der Waals surface area contributed by atoms with Crippen LogP contribution in [0.2, 0.25) is 0 Å². The van der Waals surface area contributed by atoms with Gasteiger partial charge in [-0.1, -0.05) is 43.7 Å². The van der Waals surface area contributed by atoms with Gasteiger partial charge in [0.25, 0.3) is 5.91 Å². The molecule has 0 radical (unpaired) electrons. The zero-order chi connectivity index (χ0) is 43.9. The molecule has 2 aliphatic heterocycles. The number of piperidine rings is 1. The van der Waals surface area contributed by atoms with E-state index in [1.165, 1.54) is 29.7 Å². The lowest BCUT2D eigenvalue weighted by atomic mass is 10.2. The van der Waals surface area contributed by atoms with Gasteiger partial charge in [-0.15, -0.1) is 0 Å². The Bertz CT molecular complexity index is 1860. The average molecular weight is 877 g/mol. The molecule has 1 aromatic heterocycles. The van der Waals surface area contributed by atoms with Gasteiger partial charge in [0.15, 0.2) is 5.82 Å². The molecule has 0 unspecified atom stereocenters. The molecule has 1 saturated carbocycles. The van der Waals surface area contributed by atoms with Crippen LogP contribution in [-0.4, -0.2) is 147 Å². The predicted molar refractivity (Wildman–Crippen MR) is 213 cm³/mol. The maximum atomic E-state index is 14.4. The van der Waals surface area contributed by atoms with Gasteiger partial charge in [-0.2, -0.15) is 0 Å². The first-order valence-electron chi connectivity index (χ1n) is 20.2. The molecule has 3 amide bonds. The molecule has 22 heteroatoms. The lowest BCUT2D eigenvalue weighted by molar-refractivity contribution is -0.145. The number of benzene rings is 1. The van der Waals surface area contributed by atoms with Crippen molar-refractivity contribution < 1.29 is 70.8 Å². The van der Waals surface area contributed by atoms with Crippen LogP contribution in [-0.2, 0) is 51.6 Å². The summed E-state index contributed by atoms with van der Waals surface area (Å²) in [6.07, 6.45) is -2.14. The van der Waals surface area contributed by atoms with Crippen LogP contribution in [0.15, 0.2) is 36.4 Å². The monoisotopic (exact) mass is 876 g/mol. The molecule has 0 spiro atoms. The molecule has 1 aliphatic carbocycles. The van der Waals surface area contributed by atoms with E-state index in [1.807, 2.05) is 17.9 Å². The molecule has 3 aliphatic rings. The van der Waals surface area contributed by atoms with Crippen molar-refractivity contribution in [2.75, 3.05) is 90.3 Å². The topological polar surface area (TPSA) is 241 Å². The number of aromatic nitrogens is 2. The second-order valence-corrected chi connectivity index (χ2v) is 16.2. The van der Waals surface area contributed by atoms with E-state index in [1.54, 1.807) is 31.2 Å². The number of amides is 3. The van der Waals surface area contributed by atoms with Crippen LogP contribution < -0.4 is 10.2 Å². The maximum absolute atomic E-state index is 14.4. The molecular weight excluding hydrogens is 823 g/mol. The second kappa shape index (κ2) is 22.4. The molecule has 1 aromatic carbocycles. The van der Waals surface area contributed by atoms with Crippen LogP contribution in [0.4, 0.5) is 20.2 Å². The minimum absolute atomic E-state index is 0.0257. The van der Waals surface area contributed by atoms with Gasteiger partial charge in [-0.3, -0.25) is 28.0 Å². The van der Waals surface area contributed by atoms with Crippen LogP contribution in [0.5, 0.6) is 0 Å². The Kier molecular flexibility index (Phi) is 17.1. The van der Waals surface area contributed by atoms with Gasteiger partial charge in [0.05, 0.1) is 38.5 Å². The van der Waals surface area contributed by atoms with Crippen LogP contribution in [0.1, 0.15) is 51.0 Å². The Morgan fingerprint density at radius 2 is 1.36 bits per heavy atom. The maximum Gasteiger partial charge on any atom is 0.510 e. The molecule has 61 heavy (non-hydrogen) atoms. The number of anilines is 1. The van der Waals surface area contributed by atoms with Crippen LogP contribution >= 0.6 is 7.60 Å². The molecule has 4 atom stereocenters. The third kappa shape index (κ3) is 13.0. The summed E-state index contributed by atoms with van der Waals surface area (Å²) in [7, 11) is -4.62. The molecule has 5 rings (SSSR count). The van der Waals surface area contributed by atoms with E-state index in [2.05, 4.69) is 10.3 Å². The van der Waals surface area contributed by atoms with Crippen molar-refractivity contribution in [2.24, 2.45) is 17.8 Å². The summed E-state index contributed by atoms with van der Waals surface area (Å²) < 4.78 is 54.8. The van der Waals surface area contributed by atoms with Crippen molar-refractivity contribution in [1.29, 1.82) is 0 Å². The van der Waals surface area contributed by atoms with E-state index in [4.69, 9.17) is 42.5 Å². The quantitative estimate of drug-likeness (QED) is 0.0648. The number of hydrogen-bond donors (Lipinski definition) is 1. The average Bonchev–Trinajstić information content (AvgIpc) is 3.76. The minimum Gasteiger partial charge on any atom is -0.466 e. The lowest BCUT2D eigenvalue weighted by Crippen LogP contribution is -2.57. The van der Waals surface area contributed by atoms with E-state index in [-0.39, 0.29) is 87.8 Å². The van der Waals surface area contributed by atoms with E-state index in [0.29, 0.717) is 30.9 Å². The number of carbonyl (C=O) groups excluding carboxylic acids is 6. The number of ether oxygens (including phenoxy) is 6. The highest BCUT2D eigenvalue weighted by molar-refractivity contribution is 7.54. The van der Waals surface area contributed by atoms with Crippen LogP contribution in [0, 0.1) is 17.8 Å². The Balaban J connectivity index is 1.41. The Labute approximate surface area is 353 Å². The van der Waals surface area contributed by atoms with E-state index in [0.717, 1.165) is 6.42 Å². The molecule has 21 nitrogen and oxygen atoms in total. The first kappa shape index (κ1) is 46.5. The number of nitrogens with zero attached hydrogens (tertiary/aromatic N) is 5. The molecular formula is C39H53N6O15P. The zero-order valence-corrected chi connectivity index (χ0v) is 35.6. The summed E-state index contributed by atoms with van der Waals surface area (Å²) >= 11 is 0. The van der Waals surface area contributed by atoms with Gasteiger partial charge < -0.3 is 48.4 Å². The summed E-state index contributed by atoms with van der Waals surface area (Å²) in [6, 6.07) is 8.74. The number of piperazine rings is 1. The predicted octanol–water partition coefficient (Wildman–Crippen LogP) is 4.06. The van der Waals surface area contributed by atoms with Gasteiger partial charge in [-0.05, 0) is 39.0 Å². The van der Waals surface area contributed by atoms with Crippen molar-refractivity contribution in [3.8, 4) is 11.4 Å². The summed E-state index contributed by atoms with van der Waals surface area (Å²) in [5, 5.41) is 2.64. The highest BCUT2D eigenvalue weighted by Crippen LogP contribution is 2.53. The minimum atomic E-state index is -4.62. The van der Waals surface area contributed by atoms with Crippen molar-refractivity contribution in [2.45, 2.75) is 46.6 Å². The lowest BCUT2D eigenvalue weighted by Gasteiger charge is -2.36. The fraction of sp³-hybridized carbons (Fsp3) is 0.590. The summed E-state index contributed by atoms with van der Waals surface area (Å²) in [6.45, 7) is 6.57. The molecule has 0 bridgehead atoms. The second-order valence-electron chi connectivity index (χ2n) is 14.1. The SMILES string of the molecule is CCCCOC(=O)N1CCN(C(=O)[C@H](CP(=O)(OCOC(=O)OCC)OCOC(=O)OCC)NC(=O)c2cc(N3C[C@@H]4[C@H](C3)[C@H]4C(=O)OCC)nc(-c3ccccc3)n2)CC1. The first-order chi connectivity index (χ1) is 29.4. The molecule has 3 heterocycles. The molecule has 2 saturated heterocycles. The number of nitrogens with one attached hydrogen (secondary N) is 1. The fourth-order valence-corrected chi connectivity index (χ4v) is 8.27. The van der Waals surface area contributed by atoms with Gasteiger partial charge >= 0.3 is 32.0 Å². The Hall–Kier alpha value is -5.53. The van der Waals surface area contributed by atoms with Gasteiger partial charge in [0, 0.05) is 50.9 Å². The largest absolute Gasteiger partial charge is 0.510 e. The number of hydrogen-bond acceptors (Lipinski definition) is 18. The fourth-order valence-electron chi connectivity index (χ4n) is 6.87. The van der Waals surface area contributed by atoms with E-state index < -0.39 is 63.6 Å². The molecule has 334 valence electrons. The molecule has 1 N–H and O–H groups in total. The highest BCUT2D eigenvalue weighted by atomic mass is 31.2. The van der Waals surface area contributed by atoms with Crippen molar-refractivity contribution in [3.63, 3.8) is 0 Å². The Morgan fingerprint density at radius 3 is 1.93 bits per heavy atom. The number of fused-ring (bicyclic) bond motifs is 1. The summed E-state index contributed by atoms with van der Waals surface area (Å²) in [4.78, 5) is 91.7. The third-order valence-corrected chi connectivity index (χ3v) is 11.8. The standard InChI is InChI=1S/C39H53N6O15P/c1-5-9-19-56-37(49)44-17-15-43(16-18-44)35(47)30(23-61(52,59-24-57-38(50)54-7-3)60-25-58-39(51)55-8-4)41-34(46)29-20-31(42-33(40-29)26-13-11-10-12-14-26)45-21-27-28(22-45)32(27)36(48)53-6-2/h10-14,20,27-28,30,32H,5-9,15-19,21-25H2,1-4H3,(H,41,46)/t27-,28+,30-,32+/m0/s1. The molecule has 2 aromatic rings. The van der Waals surface area contributed by atoms with Crippen molar-refractivity contribution >= 4 is 49.6 Å². The van der Waals surface area contributed by atoms with E-state index >= 15 is 0 Å². The van der Waals surface area contributed by atoms with Crippen molar-refractivity contribution in [3.05, 3.63) is 42.1 Å². The van der Waals surface area contributed by atoms with Gasteiger partial charge in [0.2, 0.25) is 19.5 Å². The smallest absolute Gasteiger partial charge is 0.466 e. The van der Waals surface area contributed by atoms with Crippen LogP contribution in [0.3, 0.4) is 0 Å². The normalized spacial score (nSPS) is 18.6. The summed E-state index contributed by atoms with van der Waals surface area (Å²) in [5.74, 6) is -1.30. The zero-order valence-electron chi connectivity index (χ0n) is 34.7.